The number of carbonyl (C=O) groups excluding carboxylic acids is 4. The van der Waals surface area contributed by atoms with Gasteiger partial charge in [0.1, 0.15) is 23.7 Å². The number of rotatable bonds is 8. The molecule has 0 unspecified atom stereocenters. The van der Waals surface area contributed by atoms with Crippen LogP contribution in [-0.2, 0) is 30.3 Å². The zero-order valence-corrected chi connectivity index (χ0v) is 20.9. The first kappa shape index (κ1) is 27.1. The number of primary amides is 1. The second-order valence-corrected chi connectivity index (χ2v) is 10.5. The third kappa shape index (κ3) is 6.58. The topological polar surface area (TPSA) is 162 Å². The molecule has 3 N–H and O–H groups in total. The molecule has 0 bridgehead atoms. The summed E-state index contributed by atoms with van der Waals surface area (Å²) in [5.41, 5.74) is 5.43. The van der Waals surface area contributed by atoms with E-state index in [9.17, 15) is 29.3 Å². The van der Waals surface area contributed by atoms with Crippen LogP contribution < -0.4 is 11.1 Å². The molecule has 1 saturated carbocycles. The Kier molecular flexibility index (Phi) is 8.31. The molecular weight excluding hydrogens is 468 g/mol. The van der Waals surface area contributed by atoms with Gasteiger partial charge in [0.05, 0.1) is 11.3 Å². The van der Waals surface area contributed by atoms with Gasteiger partial charge in [-0.05, 0) is 45.1 Å². The summed E-state index contributed by atoms with van der Waals surface area (Å²) in [5, 5.41) is 13.7. The molecule has 0 radical (unpaired) electrons. The Morgan fingerprint density at radius 2 is 1.78 bits per heavy atom. The molecule has 0 aromatic heterocycles. The minimum absolute atomic E-state index is 0.0191. The van der Waals surface area contributed by atoms with Crippen molar-refractivity contribution in [1.82, 2.24) is 10.2 Å². The molecule has 3 rings (SSSR count). The number of piperazine rings is 1. The lowest BCUT2D eigenvalue weighted by molar-refractivity contribution is -0.384. The van der Waals surface area contributed by atoms with Gasteiger partial charge in [0, 0.05) is 18.6 Å². The maximum Gasteiger partial charge on any atom is 0.308 e. The number of hydrogen-bond acceptors (Lipinski definition) is 7. The average molecular weight is 503 g/mol. The number of nitrogens with one attached hydrogen (secondary N) is 1. The highest BCUT2D eigenvalue weighted by atomic mass is 16.6. The van der Waals surface area contributed by atoms with Gasteiger partial charge >= 0.3 is 5.97 Å². The largest absolute Gasteiger partial charge is 0.460 e. The summed E-state index contributed by atoms with van der Waals surface area (Å²) in [6.07, 6.45) is 3.89. The third-order valence-corrected chi connectivity index (χ3v) is 6.56. The molecule has 11 heteroatoms. The Morgan fingerprint density at radius 1 is 1.17 bits per heavy atom. The lowest BCUT2D eigenvalue weighted by atomic mass is 9.80. The van der Waals surface area contributed by atoms with E-state index in [0.29, 0.717) is 5.56 Å². The smallest absolute Gasteiger partial charge is 0.308 e. The van der Waals surface area contributed by atoms with Crippen molar-refractivity contribution in [2.24, 2.45) is 11.7 Å². The molecule has 196 valence electrons. The minimum atomic E-state index is -1.19. The standard InChI is InChI=1S/C25H34N4O7/c1-25(2,3)36-20(30)14-18-24(33)28(21(23(32)27-18)16-7-5-4-6-8-16)19(22(26)31)13-15-9-11-17(12-10-15)29(34)35/h9-12,16,18-19,21H,4-8,13-14H2,1-3H3,(H2,26,31)(H,27,32)/t18-,19-,21-/m0/s1. The molecule has 11 nitrogen and oxygen atoms in total. The van der Waals surface area contributed by atoms with Crippen LogP contribution in [0.4, 0.5) is 5.69 Å². The lowest BCUT2D eigenvalue weighted by Crippen LogP contribution is -2.70. The van der Waals surface area contributed by atoms with E-state index >= 15 is 0 Å². The van der Waals surface area contributed by atoms with Gasteiger partial charge in [-0.1, -0.05) is 31.4 Å². The zero-order valence-electron chi connectivity index (χ0n) is 20.9. The monoisotopic (exact) mass is 502 g/mol. The Hall–Kier alpha value is -3.50. The number of nitro groups is 1. The second-order valence-electron chi connectivity index (χ2n) is 10.5. The molecule has 1 aromatic carbocycles. The van der Waals surface area contributed by atoms with Gasteiger partial charge < -0.3 is 20.7 Å². The number of nitro benzene ring substituents is 1. The molecule has 36 heavy (non-hydrogen) atoms. The SMILES string of the molecule is CC(C)(C)OC(=O)C[C@@H]1NC(=O)[C@H](C2CCCCC2)N([C@@H](Cc2ccc([N+](=O)[O-])cc2)C(N)=O)C1=O. The van der Waals surface area contributed by atoms with Crippen LogP contribution >= 0.6 is 0 Å². The highest BCUT2D eigenvalue weighted by molar-refractivity contribution is 6.01. The van der Waals surface area contributed by atoms with Crippen LogP contribution in [0.1, 0.15) is 64.9 Å². The summed E-state index contributed by atoms with van der Waals surface area (Å²) in [5.74, 6) is -2.59. The Balaban J connectivity index is 1.93. The number of carbonyl (C=O) groups is 4. The van der Waals surface area contributed by atoms with E-state index in [2.05, 4.69) is 5.32 Å². The summed E-state index contributed by atoms with van der Waals surface area (Å²) in [6, 6.07) is 2.35. The molecule has 1 aliphatic heterocycles. The number of non-ortho nitro benzene ring substituents is 1. The molecular formula is C25H34N4O7. The molecule has 2 fully saturated rings. The van der Waals surface area contributed by atoms with E-state index in [4.69, 9.17) is 10.5 Å². The number of esters is 1. The fraction of sp³-hybridized carbons (Fsp3) is 0.600. The summed E-state index contributed by atoms with van der Waals surface area (Å²) >= 11 is 0. The average Bonchev–Trinajstić information content (AvgIpc) is 2.79. The van der Waals surface area contributed by atoms with Crippen LogP contribution in [0.5, 0.6) is 0 Å². The minimum Gasteiger partial charge on any atom is -0.460 e. The van der Waals surface area contributed by atoms with Crippen LogP contribution in [0, 0.1) is 16.0 Å². The summed E-state index contributed by atoms with van der Waals surface area (Å²) < 4.78 is 5.33. The normalized spacial score (nSPS) is 22.0. The highest BCUT2D eigenvalue weighted by Crippen LogP contribution is 2.33. The molecule has 1 saturated heterocycles. The van der Waals surface area contributed by atoms with Crippen LogP contribution in [0.25, 0.3) is 0 Å². The molecule has 2 aliphatic rings. The molecule has 0 spiro atoms. The fourth-order valence-electron chi connectivity index (χ4n) is 5.00. The van der Waals surface area contributed by atoms with Crippen molar-refractivity contribution in [2.75, 3.05) is 0 Å². The van der Waals surface area contributed by atoms with Crippen LogP contribution in [0.3, 0.4) is 0 Å². The van der Waals surface area contributed by atoms with Crippen LogP contribution in [-0.4, -0.2) is 57.2 Å². The molecule has 1 heterocycles. The summed E-state index contributed by atoms with van der Waals surface area (Å²) in [4.78, 5) is 63.9. The van der Waals surface area contributed by atoms with Gasteiger partial charge in [0.2, 0.25) is 17.7 Å². The van der Waals surface area contributed by atoms with Crippen molar-refractivity contribution in [1.29, 1.82) is 0 Å². The van der Waals surface area contributed by atoms with E-state index in [0.717, 1.165) is 32.1 Å². The van der Waals surface area contributed by atoms with E-state index in [1.54, 1.807) is 20.8 Å². The number of benzene rings is 1. The third-order valence-electron chi connectivity index (χ3n) is 6.56. The van der Waals surface area contributed by atoms with Gasteiger partial charge in [-0.15, -0.1) is 0 Å². The number of nitrogens with zero attached hydrogens (tertiary/aromatic N) is 2. The number of ether oxygens (including phenoxy) is 1. The molecule has 3 amide bonds. The maximum absolute atomic E-state index is 13.7. The highest BCUT2D eigenvalue weighted by Gasteiger charge is 2.49. The lowest BCUT2D eigenvalue weighted by Gasteiger charge is -2.46. The Bertz CT molecular complexity index is 1010. The van der Waals surface area contributed by atoms with Gasteiger partial charge in [0.15, 0.2) is 0 Å². The number of hydrogen-bond donors (Lipinski definition) is 2. The Labute approximate surface area is 209 Å². The predicted molar refractivity (Wildman–Crippen MR) is 129 cm³/mol. The number of amides is 3. The molecule has 1 aromatic rings. The fourth-order valence-corrected chi connectivity index (χ4v) is 5.00. The van der Waals surface area contributed by atoms with Gasteiger partial charge in [0.25, 0.3) is 5.69 Å². The van der Waals surface area contributed by atoms with E-state index in [1.165, 1.54) is 29.2 Å². The molecule has 1 aliphatic carbocycles. The van der Waals surface area contributed by atoms with Crippen molar-refractivity contribution in [3.8, 4) is 0 Å². The van der Waals surface area contributed by atoms with Crippen LogP contribution in [0.2, 0.25) is 0 Å². The first-order valence-corrected chi connectivity index (χ1v) is 12.2. The van der Waals surface area contributed by atoms with E-state index in [1.807, 2.05) is 0 Å². The van der Waals surface area contributed by atoms with Crippen molar-refractivity contribution in [3.05, 3.63) is 39.9 Å². The first-order valence-electron chi connectivity index (χ1n) is 12.2. The van der Waals surface area contributed by atoms with Crippen molar-refractivity contribution >= 4 is 29.4 Å². The molecule has 3 atom stereocenters. The maximum atomic E-state index is 13.7. The number of nitrogens with two attached hydrogens (primary N) is 1. The van der Waals surface area contributed by atoms with Crippen molar-refractivity contribution in [2.45, 2.75) is 89.4 Å². The second kappa shape index (κ2) is 11.0. The Morgan fingerprint density at radius 3 is 2.31 bits per heavy atom. The predicted octanol–water partition coefficient (Wildman–Crippen LogP) is 2.00. The van der Waals surface area contributed by atoms with Gasteiger partial charge in [-0.25, -0.2) is 0 Å². The van der Waals surface area contributed by atoms with E-state index < -0.39 is 52.3 Å². The summed E-state index contributed by atoms with van der Waals surface area (Å²) in [6.45, 7) is 5.10. The first-order chi connectivity index (χ1) is 16.9. The van der Waals surface area contributed by atoms with Gasteiger partial charge in [-0.2, -0.15) is 0 Å². The zero-order chi connectivity index (χ0) is 26.6. The van der Waals surface area contributed by atoms with Crippen molar-refractivity contribution in [3.63, 3.8) is 0 Å². The quantitative estimate of drug-likeness (QED) is 0.312. The van der Waals surface area contributed by atoms with Crippen LogP contribution in [0.15, 0.2) is 24.3 Å². The summed E-state index contributed by atoms with van der Waals surface area (Å²) in [7, 11) is 0. The van der Waals surface area contributed by atoms with E-state index in [-0.39, 0.29) is 24.4 Å². The van der Waals surface area contributed by atoms with Crippen molar-refractivity contribution < 1.29 is 28.8 Å². The van der Waals surface area contributed by atoms with Gasteiger partial charge in [-0.3, -0.25) is 29.3 Å².